The van der Waals surface area contributed by atoms with Crippen LogP contribution in [0.3, 0.4) is 0 Å². The zero-order valence-electron chi connectivity index (χ0n) is 17.0. The van der Waals surface area contributed by atoms with Gasteiger partial charge in [-0.05, 0) is 68.5 Å². The molecule has 0 heterocycles. The van der Waals surface area contributed by atoms with Crippen molar-refractivity contribution in [3.63, 3.8) is 0 Å². The summed E-state index contributed by atoms with van der Waals surface area (Å²) in [4.78, 5) is 25.0. The lowest BCUT2D eigenvalue weighted by Gasteiger charge is -2.13. The summed E-state index contributed by atoms with van der Waals surface area (Å²) in [5.74, 6) is -0.654. The molecule has 0 spiro atoms. The van der Waals surface area contributed by atoms with Crippen LogP contribution in [0.5, 0.6) is 0 Å². The molecule has 3 aromatic carbocycles. The molecule has 0 saturated heterocycles. The summed E-state index contributed by atoms with van der Waals surface area (Å²) >= 11 is 11.2. The van der Waals surface area contributed by atoms with Gasteiger partial charge in [-0.2, -0.15) is 0 Å². The Morgan fingerprint density at radius 3 is 2.19 bits per heavy atom. The Hall–Kier alpha value is -3.42. The van der Waals surface area contributed by atoms with E-state index in [9.17, 15) is 9.59 Å². The summed E-state index contributed by atoms with van der Waals surface area (Å²) in [7, 11) is 0. The molecule has 0 bridgehead atoms. The molecule has 8 heteroatoms. The fourth-order valence-electron chi connectivity index (χ4n) is 2.95. The van der Waals surface area contributed by atoms with E-state index in [0.717, 1.165) is 11.1 Å². The van der Waals surface area contributed by atoms with Gasteiger partial charge in [0, 0.05) is 16.8 Å². The van der Waals surface area contributed by atoms with Gasteiger partial charge in [0.1, 0.15) is 0 Å². The third kappa shape index (κ3) is 6.28. The minimum Gasteiger partial charge on any atom is -0.330 e. The van der Waals surface area contributed by atoms with Crippen LogP contribution in [0.15, 0.2) is 66.7 Å². The van der Waals surface area contributed by atoms with Crippen LogP contribution in [0.1, 0.15) is 31.8 Å². The number of hydrazine groups is 1. The average Bonchev–Trinajstić information content (AvgIpc) is 2.73. The first-order valence-corrected chi connectivity index (χ1v) is 10.2. The monoisotopic (exact) mass is 452 g/mol. The van der Waals surface area contributed by atoms with Crippen molar-refractivity contribution in [2.75, 3.05) is 10.6 Å². The molecule has 0 atom stereocenters. The SMILES string of the molecule is Cc1cc(C)cc(C(=O)Nc2cccc(C(=O)NNC(=S)Nc3ccccc3Cl)c2)c1. The lowest BCUT2D eigenvalue weighted by Crippen LogP contribution is -2.43. The molecule has 0 aliphatic heterocycles. The highest BCUT2D eigenvalue weighted by molar-refractivity contribution is 7.80. The first kappa shape index (κ1) is 22.3. The van der Waals surface area contributed by atoms with Gasteiger partial charge in [0.2, 0.25) is 0 Å². The van der Waals surface area contributed by atoms with Crippen molar-refractivity contribution < 1.29 is 9.59 Å². The average molecular weight is 453 g/mol. The Kier molecular flexibility index (Phi) is 7.23. The second-order valence-electron chi connectivity index (χ2n) is 6.92. The number of rotatable bonds is 4. The number of thiocarbonyl (C=S) groups is 1. The van der Waals surface area contributed by atoms with Crippen LogP contribution < -0.4 is 21.5 Å². The van der Waals surface area contributed by atoms with Crippen molar-refractivity contribution in [1.29, 1.82) is 0 Å². The molecule has 0 aromatic heterocycles. The van der Waals surface area contributed by atoms with Crippen molar-refractivity contribution in [2.45, 2.75) is 13.8 Å². The predicted octanol–water partition coefficient (Wildman–Crippen LogP) is 4.84. The van der Waals surface area contributed by atoms with Gasteiger partial charge in [0.25, 0.3) is 11.8 Å². The van der Waals surface area contributed by atoms with E-state index in [2.05, 4.69) is 21.5 Å². The van der Waals surface area contributed by atoms with Gasteiger partial charge >= 0.3 is 0 Å². The number of benzene rings is 3. The number of amides is 2. The maximum absolute atomic E-state index is 12.6. The minimum absolute atomic E-state index is 0.181. The largest absolute Gasteiger partial charge is 0.330 e. The molecule has 0 aliphatic rings. The molecule has 4 N–H and O–H groups in total. The molecule has 0 fully saturated rings. The number of nitrogens with one attached hydrogen (secondary N) is 4. The Bertz CT molecular complexity index is 1130. The fraction of sp³-hybridized carbons (Fsp3) is 0.0870. The first-order chi connectivity index (χ1) is 14.8. The smallest absolute Gasteiger partial charge is 0.269 e. The number of halogens is 1. The zero-order valence-corrected chi connectivity index (χ0v) is 18.5. The van der Waals surface area contributed by atoms with E-state index in [1.54, 1.807) is 42.5 Å². The first-order valence-electron chi connectivity index (χ1n) is 9.43. The highest BCUT2D eigenvalue weighted by atomic mass is 35.5. The summed E-state index contributed by atoms with van der Waals surface area (Å²) in [6.45, 7) is 3.87. The van der Waals surface area contributed by atoms with Crippen molar-refractivity contribution >= 4 is 52.1 Å². The molecule has 2 amide bonds. The lowest BCUT2D eigenvalue weighted by atomic mass is 10.1. The summed E-state index contributed by atoms with van der Waals surface area (Å²) in [5.41, 5.74) is 9.20. The summed E-state index contributed by atoms with van der Waals surface area (Å²) in [5, 5.41) is 6.40. The molecule has 3 rings (SSSR count). The standard InChI is InChI=1S/C23H21ClN4O2S/c1-14-10-15(2)12-17(11-14)21(29)25-18-7-5-6-16(13-18)22(30)27-28-23(31)26-20-9-4-3-8-19(20)24/h3-13H,1-2H3,(H,25,29)(H,27,30)(H2,26,28,31). The van der Waals surface area contributed by atoms with Gasteiger partial charge in [-0.25, -0.2) is 0 Å². The van der Waals surface area contributed by atoms with E-state index < -0.39 is 5.91 Å². The number of hydrogen-bond donors (Lipinski definition) is 4. The van der Waals surface area contributed by atoms with Crippen LogP contribution in [-0.2, 0) is 0 Å². The fourth-order valence-corrected chi connectivity index (χ4v) is 3.29. The van der Waals surface area contributed by atoms with Gasteiger partial charge < -0.3 is 10.6 Å². The van der Waals surface area contributed by atoms with Crippen LogP contribution in [0.2, 0.25) is 5.02 Å². The van der Waals surface area contributed by atoms with Crippen molar-refractivity contribution in [3.8, 4) is 0 Å². The van der Waals surface area contributed by atoms with Gasteiger partial charge in [-0.3, -0.25) is 20.4 Å². The summed E-state index contributed by atoms with van der Waals surface area (Å²) < 4.78 is 0. The Morgan fingerprint density at radius 2 is 1.48 bits per heavy atom. The maximum atomic E-state index is 12.6. The Morgan fingerprint density at radius 1 is 0.774 bits per heavy atom. The third-order valence-corrected chi connectivity index (χ3v) is 4.81. The number of carbonyl (C=O) groups excluding carboxylic acids is 2. The van der Waals surface area contributed by atoms with E-state index in [1.165, 1.54) is 0 Å². The van der Waals surface area contributed by atoms with Crippen molar-refractivity contribution in [3.05, 3.63) is 94.0 Å². The number of hydrogen-bond acceptors (Lipinski definition) is 3. The topological polar surface area (TPSA) is 82.3 Å². The Labute approximate surface area is 191 Å². The molecule has 0 radical (unpaired) electrons. The lowest BCUT2D eigenvalue weighted by molar-refractivity contribution is 0.0943. The number of para-hydroxylation sites is 1. The van der Waals surface area contributed by atoms with Crippen LogP contribution in [0.25, 0.3) is 0 Å². The van der Waals surface area contributed by atoms with Gasteiger partial charge in [-0.1, -0.05) is 47.0 Å². The number of carbonyl (C=O) groups is 2. The quantitative estimate of drug-likeness (QED) is 0.336. The molecule has 0 aliphatic carbocycles. The maximum Gasteiger partial charge on any atom is 0.269 e. The Balaban J connectivity index is 1.60. The van der Waals surface area contributed by atoms with Crippen molar-refractivity contribution in [2.24, 2.45) is 0 Å². The molecule has 0 saturated carbocycles. The van der Waals surface area contributed by atoms with E-state index in [4.69, 9.17) is 23.8 Å². The van der Waals surface area contributed by atoms with E-state index in [1.807, 2.05) is 38.1 Å². The van der Waals surface area contributed by atoms with Gasteiger partial charge in [0.15, 0.2) is 5.11 Å². The number of anilines is 2. The van der Waals surface area contributed by atoms with Crippen LogP contribution in [0, 0.1) is 13.8 Å². The molecule has 0 unspecified atom stereocenters. The molecule has 158 valence electrons. The second kappa shape index (κ2) is 10.1. The van der Waals surface area contributed by atoms with E-state index in [0.29, 0.717) is 27.5 Å². The second-order valence-corrected chi connectivity index (χ2v) is 7.74. The summed E-state index contributed by atoms with van der Waals surface area (Å²) in [6, 6.07) is 19.4. The van der Waals surface area contributed by atoms with E-state index in [-0.39, 0.29) is 11.0 Å². The highest BCUT2D eigenvalue weighted by Gasteiger charge is 2.11. The van der Waals surface area contributed by atoms with Gasteiger partial charge in [0.05, 0.1) is 10.7 Å². The highest BCUT2D eigenvalue weighted by Crippen LogP contribution is 2.20. The molecule has 6 nitrogen and oxygen atoms in total. The molecule has 3 aromatic rings. The van der Waals surface area contributed by atoms with Crippen molar-refractivity contribution in [1.82, 2.24) is 10.9 Å². The van der Waals surface area contributed by atoms with Crippen LogP contribution in [0.4, 0.5) is 11.4 Å². The van der Waals surface area contributed by atoms with Crippen LogP contribution in [-0.4, -0.2) is 16.9 Å². The van der Waals surface area contributed by atoms with E-state index >= 15 is 0 Å². The summed E-state index contributed by atoms with van der Waals surface area (Å²) in [6.07, 6.45) is 0. The zero-order chi connectivity index (χ0) is 22.4. The van der Waals surface area contributed by atoms with Gasteiger partial charge in [-0.15, -0.1) is 0 Å². The van der Waals surface area contributed by atoms with Crippen LogP contribution >= 0.6 is 23.8 Å². The predicted molar refractivity (Wildman–Crippen MR) is 129 cm³/mol. The third-order valence-electron chi connectivity index (χ3n) is 4.28. The minimum atomic E-state index is -0.411. The molecule has 31 heavy (non-hydrogen) atoms. The molecular weight excluding hydrogens is 432 g/mol. The normalized spacial score (nSPS) is 10.2. The molecular formula is C23H21ClN4O2S. The number of aryl methyl sites for hydroxylation is 2.